The fourth-order valence-electron chi connectivity index (χ4n) is 3.49. The Kier molecular flexibility index (Phi) is 7.91. The third kappa shape index (κ3) is 6.42. The molecule has 184 valence electrons. The highest BCUT2D eigenvalue weighted by Crippen LogP contribution is 2.30. The summed E-state index contributed by atoms with van der Waals surface area (Å²) in [5.74, 6) is 0.632. The number of aromatic nitrogens is 3. The van der Waals surface area contributed by atoms with Crippen molar-refractivity contribution < 1.29 is 4.79 Å². The van der Waals surface area contributed by atoms with E-state index in [1.165, 1.54) is 17.3 Å². The molecule has 0 spiro atoms. The minimum absolute atomic E-state index is 0.0631. The van der Waals surface area contributed by atoms with Crippen LogP contribution in [0.4, 0.5) is 0 Å². The second-order valence-corrected chi connectivity index (χ2v) is 10.8. The van der Waals surface area contributed by atoms with Crippen LogP contribution in [0.25, 0.3) is 17.1 Å². The Bertz CT molecular complexity index is 1360. The molecule has 1 N–H and O–H groups in total. The van der Waals surface area contributed by atoms with E-state index >= 15 is 0 Å². The number of benzene rings is 3. The molecule has 0 aliphatic heterocycles. The summed E-state index contributed by atoms with van der Waals surface area (Å²) in [6.07, 6.45) is 1.58. The van der Waals surface area contributed by atoms with Gasteiger partial charge in [-0.15, -0.1) is 10.2 Å². The number of hydrogen-bond donors (Lipinski definition) is 1. The summed E-state index contributed by atoms with van der Waals surface area (Å²) in [6.45, 7) is 8.62. The zero-order valence-electron chi connectivity index (χ0n) is 20.7. The fourth-order valence-corrected chi connectivity index (χ4v) is 4.36. The second kappa shape index (κ2) is 11.1. The Labute approximate surface area is 220 Å². The average Bonchev–Trinajstić information content (AvgIpc) is 3.28. The van der Waals surface area contributed by atoms with Crippen LogP contribution >= 0.6 is 23.4 Å². The molecule has 4 aromatic rings. The molecule has 0 saturated heterocycles. The quantitative estimate of drug-likeness (QED) is 0.174. The van der Waals surface area contributed by atoms with Crippen molar-refractivity contribution in [3.8, 4) is 17.1 Å². The number of hydrazone groups is 1. The molecule has 1 aromatic heterocycles. The Morgan fingerprint density at radius 2 is 1.67 bits per heavy atom. The Morgan fingerprint density at radius 1 is 1.00 bits per heavy atom. The van der Waals surface area contributed by atoms with Crippen LogP contribution < -0.4 is 5.43 Å². The number of carbonyl (C=O) groups excluding carboxylic acids is 1. The molecule has 0 radical (unpaired) electrons. The fraction of sp³-hybridized carbons (Fsp3) is 0.214. The van der Waals surface area contributed by atoms with Crippen LogP contribution in [0.15, 0.2) is 83.1 Å². The molecule has 36 heavy (non-hydrogen) atoms. The van der Waals surface area contributed by atoms with Crippen molar-refractivity contribution in [1.82, 2.24) is 20.2 Å². The van der Waals surface area contributed by atoms with E-state index in [9.17, 15) is 4.79 Å². The Morgan fingerprint density at radius 3 is 2.31 bits per heavy atom. The van der Waals surface area contributed by atoms with Gasteiger partial charge < -0.3 is 0 Å². The van der Waals surface area contributed by atoms with Crippen LogP contribution in [0.3, 0.4) is 0 Å². The van der Waals surface area contributed by atoms with Crippen LogP contribution in [-0.2, 0) is 10.2 Å². The molecule has 4 rings (SSSR count). The number of amides is 1. The first kappa shape index (κ1) is 25.7. The summed E-state index contributed by atoms with van der Waals surface area (Å²) in [7, 11) is 0. The van der Waals surface area contributed by atoms with Crippen LogP contribution in [0.1, 0.15) is 37.5 Å². The molecular weight excluding hydrogens is 490 g/mol. The lowest BCUT2D eigenvalue weighted by Crippen LogP contribution is -2.20. The summed E-state index contributed by atoms with van der Waals surface area (Å²) in [5.41, 5.74) is 7.77. The number of hydrogen-bond acceptors (Lipinski definition) is 5. The van der Waals surface area contributed by atoms with Gasteiger partial charge in [0.15, 0.2) is 11.0 Å². The van der Waals surface area contributed by atoms with E-state index in [2.05, 4.69) is 77.9 Å². The van der Waals surface area contributed by atoms with Crippen molar-refractivity contribution in [3.05, 3.63) is 94.5 Å². The third-order valence-corrected chi connectivity index (χ3v) is 6.72. The largest absolute Gasteiger partial charge is 0.272 e. The molecule has 0 aliphatic carbocycles. The van der Waals surface area contributed by atoms with Gasteiger partial charge in [-0.3, -0.25) is 9.36 Å². The molecule has 1 heterocycles. The summed E-state index contributed by atoms with van der Waals surface area (Å²) >= 11 is 7.21. The summed E-state index contributed by atoms with van der Waals surface area (Å²) in [6, 6.07) is 23.8. The highest BCUT2D eigenvalue weighted by Gasteiger charge is 2.19. The minimum atomic E-state index is -0.236. The number of rotatable bonds is 7. The SMILES string of the molecule is Cc1ccc(-n2c(SCC(=O)NN=Cc3ccc(Cl)cc3)nnc2-c2ccc(C(C)(C)C)cc2)cc1. The van der Waals surface area contributed by atoms with Crippen molar-refractivity contribution in [2.75, 3.05) is 5.75 Å². The second-order valence-electron chi connectivity index (χ2n) is 9.44. The number of carbonyl (C=O) groups is 1. The van der Waals surface area contributed by atoms with E-state index < -0.39 is 0 Å². The third-order valence-electron chi connectivity index (χ3n) is 5.54. The molecule has 1 amide bonds. The highest BCUT2D eigenvalue weighted by molar-refractivity contribution is 7.99. The van der Waals surface area contributed by atoms with E-state index in [0.717, 1.165) is 28.2 Å². The van der Waals surface area contributed by atoms with Gasteiger partial charge in [0.05, 0.1) is 12.0 Å². The molecule has 0 aliphatic rings. The van der Waals surface area contributed by atoms with Crippen LogP contribution in [0.2, 0.25) is 5.02 Å². The lowest BCUT2D eigenvalue weighted by Gasteiger charge is -2.19. The molecule has 0 saturated carbocycles. The average molecular weight is 518 g/mol. The maximum Gasteiger partial charge on any atom is 0.250 e. The van der Waals surface area contributed by atoms with Gasteiger partial charge in [-0.25, -0.2) is 5.43 Å². The van der Waals surface area contributed by atoms with Crippen molar-refractivity contribution >= 4 is 35.5 Å². The molecule has 6 nitrogen and oxygen atoms in total. The standard InChI is InChI=1S/C28H28ClN5OS/c1-19-5-15-24(16-6-19)34-26(21-9-11-22(12-10-21)28(2,3)4)32-33-27(34)36-18-25(35)31-30-17-20-7-13-23(29)14-8-20/h5-17H,18H2,1-4H3,(H,31,35). The van der Waals surface area contributed by atoms with E-state index in [1.54, 1.807) is 18.3 Å². The van der Waals surface area contributed by atoms with Gasteiger partial charge in [-0.1, -0.05) is 98.2 Å². The molecule has 0 unspecified atom stereocenters. The topological polar surface area (TPSA) is 72.2 Å². The van der Waals surface area contributed by atoms with Crippen LogP contribution in [-0.4, -0.2) is 32.6 Å². The molecule has 0 fully saturated rings. The smallest absolute Gasteiger partial charge is 0.250 e. The predicted octanol–water partition coefficient (Wildman–Crippen LogP) is 6.44. The van der Waals surface area contributed by atoms with Gasteiger partial charge >= 0.3 is 0 Å². The molecule has 8 heteroatoms. The summed E-state index contributed by atoms with van der Waals surface area (Å²) in [4.78, 5) is 12.4. The Hall–Kier alpha value is -3.42. The van der Waals surface area contributed by atoms with Gasteiger partial charge in [0, 0.05) is 16.3 Å². The zero-order valence-corrected chi connectivity index (χ0v) is 22.3. The zero-order chi connectivity index (χ0) is 25.7. The Balaban J connectivity index is 1.53. The van der Waals surface area contributed by atoms with E-state index in [1.807, 2.05) is 35.8 Å². The summed E-state index contributed by atoms with van der Waals surface area (Å²) < 4.78 is 1.99. The highest BCUT2D eigenvalue weighted by atomic mass is 35.5. The minimum Gasteiger partial charge on any atom is -0.272 e. The first-order valence-electron chi connectivity index (χ1n) is 11.5. The maximum absolute atomic E-state index is 12.4. The van der Waals surface area contributed by atoms with E-state index in [-0.39, 0.29) is 17.1 Å². The number of nitrogens with one attached hydrogen (secondary N) is 1. The van der Waals surface area contributed by atoms with Crippen LogP contribution in [0.5, 0.6) is 0 Å². The lowest BCUT2D eigenvalue weighted by atomic mass is 9.87. The molecular formula is C28H28ClN5OS. The first-order chi connectivity index (χ1) is 17.2. The predicted molar refractivity (Wildman–Crippen MR) is 148 cm³/mol. The number of thioether (sulfide) groups is 1. The van der Waals surface area contributed by atoms with Crippen molar-refractivity contribution in [3.63, 3.8) is 0 Å². The summed E-state index contributed by atoms with van der Waals surface area (Å²) in [5, 5.41) is 14.2. The van der Waals surface area contributed by atoms with Gasteiger partial charge in [0.25, 0.3) is 5.91 Å². The van der Waals surface area contributed by atoms with Gasteiger partial charge in [0.2, 0.25) is 0 Å². The van der Waals surface area contributed by atoms with Crippen molar-refractivity contribution in [2.45, 2.75) is 38.3 Å². The number of halogens is 1. The number of aryl methyl sites for hydroxylation is 1. The van der Waals surface area contributed by atoms with Gasteiger partial charge in [-0.2, -0.15) is 5.10 Å². The molecule has 0 atom stereocenters. The normalized spacial score (nSPS) is 11.7. The van der Waals surface area contributed by atoms with Crippen LogP contribution in [0, 0.1) is 6.92 Å². The monoisotopic (exact) mass is 517 g/mol. The maximum atomic E-state index is 12.4. The molecule has 3 aromatic carbocycles. The van der Waals surface area contributed by atoms with Gasteiger partial charge in [-0.05, 0) is 47.7 Å². The number of nitrogens with zero attached hydrogens (tertiary/aromatic N) is 4. The van der Waals surface area contributed by atoms with Gasteiger partial charge in [0.1, 0.15) is 0 Å². The lowest BCUT2D eigenvalue weighted by molar-refractivity contribution is -0.118. The molecule has 0 bridgehead atoms. The first-order valence-corrected chi connectivity index (χ1v) is 12.9. The van der Waals surface area contributed by atoms with Crippen molar-refractivity contribution in [1.29, 1.82) is 0 Å². The van der Waals surface area contributed by atoms with E-state index in [0.29, 0.717) is 10.2 Å². The van der Waals surface area contributed by atoms with Crippen molar-refractivity contribution in [2.24, 2.45) is 5.10 Å². The van der Waals surface area contributed by atoms with E-state index in [4.69, 9.17) is 11.6 Å².